The van der Waals surface area contributed by atoms with Crippen LogP contribution in [0.3, 0.4) is 0 Å². The van der Waals surface area contributed by atoms with E-state index in [4.69, 9.17) is 0 Å². The molecule has 3 rings (SSSR count). The van der Waals surface area contributed by atoms with Crippen LogP contribution in [0.15, 0.2) is 35.2 Å². The lowest BCUT2D eigenvalue weighted by Gasteiger charge is -2.24. The van der Waals surface area contributed by atoms with E-state index in [0.717, 1.165) is 15.5 Å². The molecule has 0 saturated carbocycles. The fourth-order valence-corrected chi connectivity index (χ4v) is 5.66. The molecule has 1 amide bonds. The lowest BCUT2D eigenvalue weighted by atomic mass is 10.2. The summed E-state index contributed by atoms with van der Waals surface area (Å²) in [6, 6.07) is 9.96. The van der Waals surface area contributed by atoms with Crippen LogP contribution in [-0.4, -0.2) is 41.7 Å². The first-order chi connectivity index (χ1) is 12.5. The van der Waals surface area contributed by atoms with Crippen LogP contribution in [0, 0.1) is 0 Å². The Hall–Kier alpha value is -1.42. The van der Waals surface area contributed by atoms with E-state index in [1.165, 1.54) is 15.6 Å². The lowest BCUT2D eigenvalue weighted by molar-refractivity contribution is -0.115. The lowest BCUT2D eigenvalue weighted by Crippen LogP contribution is -2.36. The van der Waals surface area contributed by atoms with Crippen molar-refractivity contribution in [1.29, 1.82) is 0 Å². The van der Waals surface area contributed by atoms with Crippen molar-refractivity contribution in [3.05, 3.63) is 40.9 Å². The second-order valence-electron chi connectivity index (χ2n) is 5.83. The number of sulfonamides is 1. The van der Waals surface area contributed by atoms with Crippen molar-refractivity contribution in [3.63, 3.8) is 0 Å². The standard InChI is InChI=1S/C17H21N3O3S3/c1-2-26(22,23)20-10-8-14-15(12-20)25-17(18-14)19-16(21)9-11-24-13-6-4-3-5-7-13/h3-7H,2,8-12H2,1H3,(H,18,19,21). The molecule has 26 heavy (non-hydrogen) atoms. The van der Waals surface area contributed by atoms with Gasteiger partial charge in [0.2, 0.25) is 15.9 Å². The molecule has 0 unspecified atom stereocenters. The maximum Gasteiger partial charge on any atom is 0.226 e. The minimum atomic E-state index is -3.19. The average Bonchev–Trinajstić information content (AvgIpc) is 3.03. The van der Waals surface area contributed by atoms with Crippen molar-refractivity contribution in [2.24, 2.45) is 0 Å². The van der Waals surface area contributed by atoms with Crippen LogP contribution in [0.1, 0.15) is 23.9 Å². The number of thiazole rings is 1. The number of nitrogens with one attached hydrogen (secondary N) is 1. The Morgan fingerprint density at radius 3 is 2.85 bits per heavy atom. The van der Waals surface area contributed by atoms with Crippen molar-refractivity contribution in [3.8, 4) is 0 Å². The van der Waals surface area contributed by atoms with Crippen molar-refractivity contribution >= 4 is 44.2 Å². The van der Waals surface area contributed by atoms with Gasteiger partial charge in [0.15, 0.2) is 5.13 Å². The number of carbonyl (C=O) groups excluding carboxylic acids is 1. The highest BCUT2D eigenvalue weighted by Crippen LogP contribution is 2.29. The number of hydrogen-bond acceptors (Lipinski definition) is 6. The van der Waals surface area contributed by atoms with Gasteiger partial charge in [-0.25, -0.2) is 13.4 Å². The van der Waals surface area contributed by atoms with Gasteiger partial charge in [-0.15, -0.1) is 23.1 Å². The van der Waals surface area contributed by atoms with E-state index in [-0.39, 0.29) is 11.7 Å². The fraction of sp³-hybridized carbons (Fsp3) is 0.412. The predicted octanol–water partition coefficient (Wildman–Crippen LogP) is 2.97. The van der Waals surface area contributed by atoms with Crippen molar-refractivity contribution < 1.29 is 13.2 Å². The summed E-state index contributed by atoms with van der Waals surface area (Å²) in [7, 11) is -3.19. The fourth-order valence-electron chi connectivity index (χ4n) is 2.61. The van der Waals surface area contributed by atoms with Gasteiger partial charge in [-0.3, -0.25) is 4.79 Å². The molecule has 1 N–H and O–H groups in total. The average molecular weight is 412 g/mol. The minimum Gasteiger partial charge on any atom is -0.302 e. The molecule has 0 atom stereocenters. The molecule has 140 valence electrons. The van der Waals surface area contributed by atoms with Crippen LogP contribution in [0.25, 0.3) is 0 Å². The van der Waals surface area contributed by atoms with Gasteiger partial charge in [0, 0.05) is 41.5 Å². The van der Waals surface area contributed by atoms with Crippen LogP contribution in [0.5, 0.6) is 0 Å². The van der Waals surface area contributed by atoms with Gasteiger partial charge in [-0.2, -0.15) is 4.31 Å². The highest BCUT2D eigenvalue weighted by molar-refractivity contribution is 7.99. The SMILES string of the molecule is CCS(=O)(=O)N1CCc2nc(NC(=O)CCSc3ccccc3)sc2C1. The first kappa shape index (κ1) is 19.3. The Bertz CT molecular complexity index is 866. The quantitative estimate of drug-likeness (QED) is 0.709. The maximum atomic E-state index is 12.1. The van der Waals surface area contributed by atoms with Gasteiger partial charge >= 0.3 is 0 Å². The summed E-state index contributed by atoms with van der Waals surface area (Å²) < 4.78 is 25.5. The van der Waals surface area contributed by atoms with Crippen molar-refractivity contribution in [2.75, 3.05) is 23.4 Å². The van der Waals surface area contributed by atoms with Gasteiger partial charge < -0.3 is 5.32 Å². The van der Waals surface area contributed by atoms with Gasteiger partial charge in [-0.05, 0) is 19.1 Å². The Morgan fingerprint density at radius 2 is 2.12 bits per heavy atom. The molecule has 9 heteroatoms. The summed E-state index contributed by atoms with van der Waals surface area (Å²) >= 11 is 3.01. The molecule has 6 nitrogen and oxygen atoms in total. The van der Waals surface area contributed by atoms with Crippen LogP contribution in [-0.2, 0) is 27.8 Å². The van der Waals surface area contributed by atoms with Crippen LogP contribution < -0.4 is 5.32 Å². The van der Waals surface area contributed by atoms with E-state index in [1.807, 2.05) is 30.3 Å². The molecule has 1 aromatic heterocycles. The van der Waals surface area contributed by atoms with Gasteiger partial charge in [-0.1, -0.05) is 18.2 Å². The Kier molecular flexibility index (Phi) is 6.33. The third kappa shape index (κ3) is 4.85. The highest BCUT2D eigenvalue weighted by Gasteiger charge is 2.28. The first-order valence-electron chi connectivity index (χ1n) is 8.42. The van der Waals surface area contributed by atoms with E-state index < -0.39 is 10.0 Å². The molecule has 1 aliphatic heterocycles. The van der Waals surface area contributed by atoms with Crippen LogP contribution in [0.2, 0.25) is 0 Å². The highest BCUT2D eigenvalue weighted by atomic mass is 32.2. The number of aromatic nitrogens is 1. The molecule has 2 heterocycles. The molecule has 0 aliphatic carbocycles. The summed E-state index contributed by atoms with van der Waals surface area (Å²) in [5.74, 6) is 0.727. The zero-order valence-corrected chi connectivity index (χ0v) is 16.9. The number of anilines is 1. The molecule has 0 bridgehead atoms. The smallest absolute Gasteiger partial charge is 0.226 e. The van der Waals surface area contributed by atoms with Gasteiger partial charge in [0.1, 0.15) is 0 Å². The second-order valence-corrected chi connectivity index (χ2v) is 10.3. The Balaban J connectivity index is 1.53. The van der Waals surface area contributed by atoms with E-state index in [1.54, 1.807) is 18.7 Å². The van der Waals surface area contributed by atoms with E-state index in [0.29, 0.717) is 36.8 Å². The number of thioether (sulfide) groups is 1. The molecular weight excluding hydrogens is 390 g/mol. The number of amides is 1. The molecule has 0 saturated heterocycles. The number of fused-ring (bicyclic) bond motifs is 1. The maximum absolute atomic E-state index is 12.1. The third-order valence-electron chi connectivity index (χ3n) is 4.04. The largest absolute Gasteiger partial charge is 0.302 e. The van der Waals surface area contributed by atoms with Gasteiger partial charge in [0.05, 0.1) is 11.4 Å². The topological polar surface area (TPSA) is 79.4 Å². The van der Waals surface area contributed by atoms with Crippen LogP contribution >= 0.6 is 23.1 Å². The number of carbonyl (C=O) groups is 1. The summed E-state index contributed by atoms with van der Waals surface area (Å²) in [6.45, 7) is 2.45. The van der Waals surface area contributed by atoms with Crippen molar-refractivity contribution in [1.82, 2.24) is 9.29 Å². The van der Waals surface area contributed by atoms with Crippen LogP contribution in [0.4, 0.5) is 5.13 Å². The summed E-state index contributed by atoms with van der Waals surface area (Å²) in [6.07, 6.45) is 0.991. The predicted molar refractivity (Wildman–Crippen MR) is 106 cm³/mol. The number of rotatable bonds is 7. The zero-order valence-electron chi connectivity index (χ0n) is 14.5. The zero-order chi connectivity index (χ0) is 18.6. The molecular formula is C17H21N3O3S3. The summed E-state index contributed by atoms with van der Waals surface area (Å²) in [5, 5.41) is 3.40. The van der Waals surface area contributed by atoms with Gasteiger partial charge in [0.25, 0.3) is 0 Å². The van der Waals surface area contributed by atoms with E-state index >= 15 is 0 Å². The minimum absolute atomic E-state index is 0.0717. The number of hydrogen-bond donors (Lipinski definition) is 1. The molecule has 1 aromatic carbocycles. The first-order valence-corrected chi connectivity index (χ1v) is 11.8. The number of nitrogens with zero attached hydrogens (tertiary/aromatic N) is 2. The molecule has 1 aliphatic rings. The normalized spacial score (nSPS) is 14.8. The van der Waals surface area contributed by atoms with E-state index in [9.17, 15) is 13.2 Å². The summed E-state index contributed by atoms with van der Waals surface area (Å²) in [4.78, 5) is 18.6. The van der Waals surface area contributed by atoms with Crippen molar-refractivity contribution in [2.45, 2.75) is 31.2 Å². The van der Waals surface area contributed by atoms with E-state index in [2.05, 4.69) is 10.3 Å². The summed E-state index contributed by atoms with van der Waals surface area (Å²) in [5.41, 5.74) is 0.895. The third-order valence-corrected chi connectivity index (χ3v) is 7.88. The molecule has 0 radical (unpaired) electrons. The second kappa shape index (κ2) is 8.51. The molecule has 2 aromatic rings. The number of benzene rings is 1. The Morgan fingerprint density at radius 1 is 1.35 bits per heavy atom. The monoisotopic (exact) mass is 411 g/mol. The Labute approximate surface area is 162 Å². The molecule has 0 fully saturated rings. The molecule has 0 spiro atoms.